The van der Waals surface area contributed by atoms with E-state index in [4.69, 9.17) is 11.6 Å². The van der Waals surface area contributed by atoms with Gasteiger partial charge >= 0.3 is 0 Å². The number of sulfonamides is 1. The van der Waals surface area contributed by atoms with Gasteiger partial charge < -0.3 is 5.32 Å². The molecule has 30 heavy (non-hydrogen) atoms. The first-order valence-electron chi connectivity index (χ1n) is 9.16. The fourth-order valence-corrected chi connectivity index (χ4v) is 4.43. The van der Waals surface area contributed by atoms with E-state index >= 15 is 0 Å². The minimum Gasteiger partial charge on any atom is -0.345 e. The van der Waals surface area contributed by atoms with Crippen LogP contribution in [0.5, 0.6) is 0 Å². The Kier molecular flexibility index (Phi) is 6.87. The van der Waals surface area contributed by atoms with Gasteiger partial charge in [0.1, 0.15) is 10.7 Å². The molecule has 0 saturated heterocycles. The van der Waals surface area contributed by atoms with Crippen LogP contribution in [0.3, 0.4) is 0 Å². The molecule has 1 amide bonds. The molecule has 8 heteroatoms. The summed E-state index contributed by atoms with van der Waals surface area (Å²) in [5.41, 5.74) is 1.21. The Balaban J connectivity index is 1.78. The number of benzene rings is 3. The van der Waals surface area contributed by atoms with Crippen molar-refractivity contribution in [3.8, 4) is 0 Å². The number of carbonyl (C=O) groups excluding carboxylic acids is 1. The second-order valence-electron chi connectivity index (χ2n) is 6.67. The molecule has 3 aromatic rings. The third-order valence-electron chi connectivity index (χ3n) is 4.51. The topological polar surface area (TPSA) is 75.3 Å². The Hall–Kier alpha value is -2.74. The van der Waals surface area contributed by atoms with Crippen molar-refractivity contribution in [2.24, 2.45) is 0 Å². The van der Waals surface area contributed by atoms with E-state index in [0.717, 1.165) is 5.56 Å². The Morgan fingerprint density at radius 2 is 1.70 bits per heavy atom. The summed E-state index contributed by atoms with van der Waals surface area (Å²) in [5.74, 6) is -0.975. The molecule has 5 nitrogen and oxygen atoms in total. The van der Waals surface area contributed by atoms with Gasteiger partial charge in [-0.05, 0) is 36.8 Å². The number of hydrogen-bond donors (Lipinski definition) is 2. The highest BCUT2D eigenvalue weighted by atomic mass is 35.5. The van der Waals surface area contributed by atoms with Crippen molar-refractivity contribution in [3.05, 3.63) is 100 Å². The van der Waals surface area contributed by atoms with Crippen LogP contribution in [0, 0.1) is 5.82 Å². The van der Waals surface area contributed by atoms with Gasteiger partial charge in [0.15, 0.2) is 0 Å². The molecule has 0 aliphatic rings. The maximum absolute atomic E-state index is 13.9. The van der Waals surface area contributed by atoms with Gasteiger partial charge in [-0.25, -0.2) is 17.5 Å². The first-order chi connectivity index (χ1) is 14.3. The molecule has 1 atom stereocenters. The minimum absolute atomic E-state index is 0.00531. The van der Waals surface area contributed by atoms with Crippen molar-refractivity contribution < 1.29 is 17.6 Å². The molecule has 0 aromatic heterocycles. The number of hydrogen-bond acceptors (Lipinski definition) is 3. The van der Waals surface area contributed by atoms with Gasteiger partial charge in [0.05, 0.1) is 11.1 Å². The fourth-order valence-electron chi connectivity index (χ4n) is 2.89. The Morgan fingerprint density at radius 1 is 1.03 bits per heavy atom. The summed E-state index contributed by atoms with van der Waals surface area (Å²) in [6.45, 7) is 1.73. The number of amides is 1. The van der Waals surface area contributed by atoms with Crippen LogP contribution >= 0.6 is 11.6 Å². The highest BCUT2D eigenvalue weighted by Crippen LogP contribution is 2.24. The highest BCUT2D eigenvalue weighted by Gasteiger charge is 2.21. The van der Waals surface area contributed by atoms with E-state index in [2.05, 4.69) is 10.0 Å². The summed E-state index contributed by atoms with van der Waals surface area (Å²) in [6, 6.07) is 18.5. The molecule has 1 unspecified atom stereocenters. The second-order valence-corrected chi connectivity index (χ2v) is 8.81. The molecule has 0 fully saturated rings. The van der Waals surface area contributed by atoms with E-state index in [9.17, 15) is 17.6 Å². The van der Waals surface area contributed by atoms with E-state index in [-0.39, 0.29) is 22.0 Å². The first-order valence-corrected chi connectivity index (χ1v) is 11.0. The molecule has 3 rings (SSSR count). The Morgan fingerprint density at radius 3 is 2.40 bits per heavy atom. The molecule has 0 aliphatic carbocycles. The van der Waals surface area contributed by atoms with Gasteiger partial charge in [-0.1, -0.05) is 60.1 Å². The van der Waals surface area contributed by atoms with Crippen LogP contribution in [0.2, 0.25) is 5.02 Å². The van der Waals surface area contributed by atoms with E-state index < -0.39 is 27.8 Å². The summed E-state index contributed by atoms with van der Waals surface area (Å²) in [5, 5.41) is 2.67. The third-order valence-corrected chi connectivity index (χ3v) is 6.39. The monoisotopic (exact) mass is 446 g/mol. The number of carbonyl (C=O) groups is 1. The molecule has 0 saturated carbocycles. The lowest BCUT2D eigenvalue weighted by atomic mass is 10.1. The van der Waals surface area contributed by atoms with Crippen molar-refractivity contribution in [2.45, 2.75) is 24.4 Å². The molecule has 0 bridgehead atoms. The van der Waals surface area contributed by atoms with Crippen molar-refractivity contribution >= 4 is 27.5 Å². The van der Waals surface area contributed by atoms with Gasteiger partial charge in [0.25, 0.3) is 5.91 Å². The zero-order chi connectivity index (χ0) is 21.7. The van der Waals surface area contributed by atoms with Crippen LogP contribution in [-0.2, 0) is 16.6 Å². The molecule has 0 radical (unpaired) electrons. The minimum atomic E-state index is -3.95. The molecule has 0 aliphatic heterocycles. The summed E-state index contributed by atoms with van der Waals surface area (Å²) in [4.78, 5) is 12.4. The molecule has 0 spiro atoms. The average molecular weight is 447 g/mol. The lowest BCUT2D eigenvalue weighted by Gasteiger charge is -2.16. The van der Waals surface area contributed by atoms with Crippen LogP contribution in [0.25, 0.3) is 0 Å². The van der Waals surface area contributed by atoms with Crippen LogP contribution in [-0.4, -0.2) is 14.3 Å². The molecule has 3 aromatic carbocycles. The third kappa shape index (κ3) is 5.24. The van der Waals surface area contributed by atoms with E-state index in [1.54, 1.807) is 49.4 Å². The van der Waals surface area contributed by atoms with Gasteiger partial charge in [0, 0.05) is 17.7 Å². The van der Waals surface area contributed by atoms with Crippen LogP contribution in [0.4, 0.5) is 4.39 Å². The molecule has 0 heterocycles. The molecular formula is C22H20ClFN2O3S. The van der Waals surface area contributed by atoms with Crippen molar-refractivity contribution in [1.82, 2.24) is 10.0 Å². The summed E-state index contributed by atoms with van der Waals surface area (Å²) >= 11 is 6.09. The predicted molar refractivity (Wildman–Crippen MR) is 114 cm³/mol. The molecule has 2 N–H and O–H groups in total. The summed E-state index contributed by atoms with van der Waals surface area (Å²) in [6.07, 6.45) is 0. The number of nitrogens with one attached hydrogen (secondary N) is 2. The van der Waals surface area contributed by atoms with Crippen LogP contribution in [0.15, 0.2) is 77.7 Å². The van der Waals surface area contributed by atoms with Gasteiger partial charge in [-0.2, -0.15) is 0 Å². The van der Waals surface area contributed by atoms with E-state index in [1.165, 1.54) is 24.3 Å². The van der Waals surface area contributed by atoms with Gasteiger partial charge in [-0.15, -0.1) is 0 Å². The van der Waals surface area contributed by atoms with E-state index in [0.29, 0.717) is 5.56 Å². The number of halogens is 2. The maximum Gasteiger partial charge on any atom is 0.251 e. The largest absolute Gasteiger partial charge is 0.345 e. The normalized spacial score (nSPS) is 12.4. The van der Waals surface area contributed by atoms with Crippen LogP contribution < -0.4 is 10.0 Å². The zero-order valence-electron chi connectivity index (χ0n) is 16.1. The standard InChI is InChI=1S/C22H20ClFN2O3S/c1-15(18-9-5-6-10-20(18)24)26-22(27)17-11-12-19(23)21(13-17)30(28,29)25-14-16-7-3-2-4-8-16/h2-13,15,25H,14H2,1H3,(H,26,27). The first kappa shape index (κ1) is 22.0. The quantitative estimate of drug-likeness (QED) is 0.563. The summed E-state index contributed by atoms with van der Waals surface area (Å²) in [7, 11) is -3.95. The molecular weight excluding hydrogens is 427 g/mol. The maximum atomic E-state index is 13.9. The average Bonchev–Trinajstić information content (AvgIpc) is 2.73. The van der Waals surface area contributed by atoms with Crippen molar-refractivity contribution in [2.75, 3.05) is 0 Å². The van der Waals surface area contributed by atoms with Crippen molar-refractivity contribution in [1.29, 1.82) is 0 Å². The van der Waals surface area contributed by atoms with Gasteiger partial charge in [-0.3, -0.25) is 4.79 Å². The number of rotatable bonds is 7. The van der Waals surface area contributed by atoms with E-state index in [1.807, 2.05) is 6.07 Å². The SMILES string of the molecule is CC(NC(=O)c1ccc(Cl)c(S(=O)(=O)NCc2ccccc2)c1)c1ccccc1F. The Labute approximate surface area is 179 Å². The molecule has 156 valence electrons. The highest BCUT2D eigenvalue weighted by molar-refractivity contribution is 7.89. The van der Waals surface area contributed by atoms with Gasteiger partial charge in [0.2, 0.25) is 10.0 Å². The fraction of sp³-hybridized carbons (Fsp3) is 0.136. The lowest BCUT2D eigenvalue weighted by molar-refractivity contribution is 0.0939. The Bertz CT molecular complexity index is 1150. The lowest BCUT2D eigenvalue weighted by Crippen LogP contribution is -2.28. The van der Waals surface area contributed by atoms with Crippen molar-refractivity contribution in [3.63, 3.8) is 0 Å². The second kappa shape index (κ2) is 9.38. The summed E-state index contributed by atoms with van der Waals surface area (Å²) < 4.78 is 41.8. The van der Waals surface area contributed by atoms with Crippen LogP contribution in [0.1, 0.15) is 34.5 Å². The smallest absolute Gasteiger partial charge is 0.251 e. The predicted octanol–water partition coefficient (Wildman–Crippen LogP) is 4.45. The zero-order valence-corrected chi connectivity index (χ0v) is 17.7.